The van der Waals surface area contributed by atoms with Gasteiger partial charge in [-0.25, -0.2) is 0 Å². The molecular weight excluding hydrogens is 230 g/mol. The zero-order chi connectivity index (χ0) is 13.1. The van der Waals surface area contributed by atoms with Crippen LogP contribution in [0.2, 0.25) is 0 Å². The Morgan fingerprint density at radius 2 is 2.22 bits per heavy atom. The Hall–Kier alpha value is -2.24. The lowest BCUT2D eigenvalue weighted by Crippen LogP contribution is -2.38. The van der Waals surface area contributed by atoms with Crippen molar-refractivity contribution in [3.05, 3.63) is 31.6 Å². The van der Waals surface area contributed by atoms with Crippen molar-refractivity contribution < 1.29 is 4.79 Å². The van der Waals surface area contributed by atoms with Gasteiger partial charge in [0.1, 0.15) is 6.33 Å². The van der Waals surface area contributed by atoms with Gasteiger partial charge in [0.2, 0.25) is 5.91 Å². The molecule has 0 fully saturated rings. The zero-order valence-corrected chi connectivity index (χ0v) is 10.3. The molecule has 1 aromatic heterocycles. The Kier molecular flexibility index (Phi) is 3.36. The van der Waals surface area contributed by atoms with E-state index in [4.69, 9.17) is 0 Å². The van der Waals surface area contributed by atoms with Crippen molar-refractivity contribution >= 4 is 17.6 Å². The SMILES string of the molecule is C=CC[C@H]1C(=O)N(CC=C)c2nncn2N=C1C. The van der Waals surface area contributed by atoms with Crippen LogP contribution in [0.15, 0.2) is 36.7 Å². The number of hydrogen-bond acceptors (Lipinski definition) is 4. The monoisotopic (exact) mass is 245 g/mol. The van der Waals surface area contributed by atoms with Crippen LogP contribution in [-0.4, -0.2) is 33.0 Å². The summed E-state index contributed by atoms with van der Waals surface area (Å²) in [4.78, 5) is 14.0. The third kappa shape index (κ3) is 1.97. The number of amides is 1. The second-order valence-corrected chi connectivity index (χ2v) is 4.03. The van der Waals surface area contributed by atoms with Crippen molar-refractivity contribution in [3.63, 3.8) is 0 Å². The predicted octanol–water partition coefficient (Wildman–Crippen LogP) is 1.23. The smallest absolute Gasteiger partial charge is 0.255 e. The molecule has 2 rings (SSSR count). The molecule has 1 aliphatic rings. The first kappa shape index (κ1) is 12.2. The Balaban J connectivity index is 2.48. The van der Waals surface area contributed by atoms with Crippen LogP contribution in [0, 0.1) is 5.92 Å². The summed E-state index contributed by atoms with van der Waals surface area (Å²) in [5.74, 6) is 0.0674. The number of hydrogen-bond donors (Lipinski definition) is 0. The van der Waals surface area contributed by atoms with Crippen LogP contribution in [0.5, 0.6) is 0 Å². The van der Waals surface area contributed by atoms with Crippen LogP contribution in [0.4, 0.5) is 5.95 Å². The molecule has 0 spiro atoms. The maximum absolute atomic E-state index is 12.5. The van der Waals surface area contributed by atoms with Gasteiger partial charge in [0, 0.05) is 12.3 Å². The standard InChI is InChI=1S/C12H15N5O/c1-4-6-10-9(3)15-17-8-13-14-12(17)16(7-5-2)11(10)18/h4-5,8,10H,1-2,6-7H2,3H3/t10-/m1/s1. The highest BCUT2D eigenvalue weighted by atomic mass is 16.2. The van der Waals surface area contributed by atoms with E-state index in [0.717, 1.165) is 5.71 Å². The molecule has 0 N–H and O–H groups in total. The molecule has 0 unspecified atom stereocenters. The average molecular weight is 245 g/mol. The summed E-state index contributed by atoms with van der Waals surface area (Å²) in [5, 5.41) is 12.1. The Morgan fingerprint density at radius 3 is 2.89 bits per heavy atom. The molecule has 0 aromatic carbocycles. The van der Waals surface area contributed by atoms with Gasteiger partial charge in [0.15, 0.2) is 0 Å². The van der Waals surface area contributed by atoms with Crippen LogP contribution in [0.1, 0.15) is 13.3 Å². The fraction of sp³-hybridized carbons (Fsp3) is 0.333. The molecule has 6 heteroatoms. The number of anilines is 1. The minimum absolute atomic E-state index is 0.0530. The fourth-order valence-electron chi connectivity index (χ4n) is 1.92. The largest absolute Gasteiger partial charge is 0.275 e. The molecule has 0 aliphatic carbocycles. The van der Waals surface area contributed by atoms with Crippen molar-refractivity contribution in [3.8, 4) is 0 Å². The van der Waals surface area contributed by atoms with E-state index in [9.17, 15) is 4.79 Å². The van der Waals surface area contributed by atoms with Gasteiger partial charge in [-0.2, -0.15) is 9.78 Å². The maximum atomic E-state index is 12.5. The van der Waals surface area contributed by atoms with Gasteiger partial charge in [-0.1, -0.05) is 12.2 Å². The average Bonchev–Trinajstić information content (AvgIpc) is 2.76. The lowest BCUT2D eigenvalue weighted by atomic mass is 9.99. The van der Waals surface area contributed by atoms with E-state index in [1.165, 1.54) is 15.9 Å². The second kappa shape index (κ2) is 4.95. The first-order valence-electron chi connectivity index (χ1n) is 5.67. The van der Waals surface area contributed by atoms with E-state index < -0.39 is 0 Å². The fourth-order valence-corrected chi connectivity index (χ4v) is 1.92. The van der Waals surface area contributed by atoms with Gasteiger partial charge >= 0.3 is 0 Å². The number of fused-ring (bicyclic) bond motifs is 1. The minimum Gasteiger partial charge on any atom is -0.275 e. The summed E-state index contributed by atoms with van der Waals surface area (Å²) in [7, 11) is 0. The van der Waals surface area contributed by atoms with Crippen LogP contribution >= 0.6 is 0 Å². The quantitative estimate of drug-likeness (QED) is 0.749. The highest BCUT2D eigenvalue weighted by molar-refractivity contribution is 6.10. The van der Waals surface area contributed by atoms with Crippen LogP contribution in [0.25, 0.3) is 0 Å². The normalized spacial score (nSPS) is 18.9. The van der Waals surface area contributed by atoms with Gasteiger partial charge in [-0.3, -0.25) is 9.69 Å². The van der Waals surface area contributed by atoms with Gasteiger partial charge < -0.3 is 0 Å². The van der Waals surface area contributed by atoms with Gasteiger partial charge in [0.25, 0.3) is 5.95 Å². The third-order valence-electron chi connectivity index (χ3n) is 2.80. The van der Waals surface area contributed by atoms with Crippen LogP contribution in [0.3, 0.4) is 0 Å². The number of carbonyl (C=O) groups excluding carboxylic acids is 1. The second-order valence-electron chi connectivity index (χ2n) is 4.03. The molecule has 2 heterocycles. The lowest BCUT2D eigenvalue weighted by molar-refractivity contribution is -0.120. The summed E-state index contributed by atoms with van der Waals surface area (Å²) in [6, 6.07) is 0. The molecule has 0 saturated carbocycles. The molecule has 0 radical (unpaired) electrons. The molecule has 18 heavy (non-hydrogen) atoms. The van der Waals surface area contributed by atoms with Gasteiger partial charge in [-0.15, -0.1) is 23.4 Å². The van der Waals surface area contributed by atoms with Crippen LogP contribution in [-0.2, 0) is 4.79 Å². The zero-order valence-electron chi connectivity index (χ0n) is 10.3. The summed E-state index contributed by atoms with van der Waals surface area (Å²) < 4.78 is 1.51. The predicted molar refractivity (Wildman–Crippen MR) is 69.4 cm³/mol. The number of carbonyl (C=O) groups is 1. The molecular formula is C12H15N5O. The van der Waals surface area contributed by atoms with E-state index in [1.54, 1.807) is 12.2 Å². The van der Waals surface area contributed by atoms with E-state index in [-0.39, 0.29) is 11.8 Å². The van der Waals surface area contributed by atoms with Gasteiger partial charge in [0.05, 0.1) is 5.92 Å². The molecule has 1 aromatic rings. The maximum Gasteiger partial charge on any atom is 0.255 e. The topological polar surface area (TPSA) is 63.4 Å². The Labute approximate surface area is 105 Å². The van der Waals surface area contributed by atoms with E-state index in [2.05, 4.69) is 28.5 Å². The van der Waals surface area contributed by atoms with Crippen molar-refractivity contribution in [2.45, 2.75) is 13.3 Å². The summed E-state index contributed by atoms with van der Waals surface area (Å²) in [6.07, 6.45) is 5.42. The number of aromatic nitrogens is 3. The Morgan fingerprint density at radius 1 is 1.44 bits per heavy atom. The van der Waals surface area contributed by atoms with E-state index in [1.807, 2.05) is 6.92 Å². The summed E-state index contributed by atoms with van der Waals surface area (Å²) in [5.41, 5.74) is 0.729. The van der Waals surface area contributed by atoms with E-state index >= 15 is 0 Å². The molecule has 1 amide bonds. The highest BCUT2D eigenvalue weighted by Gasteiger charge is 2.31. The lowest BCUT2D eigenvalue weighted by Gasteiger charge is -2.20. The number of allylic oxidation sites excluding steroid dienone is 1. The third-order valence-corrected chi connectivity index (χ3v) is 2.80. The molecule has 94 valence electrons. The molecule has 6 nitrogen and oxygen atoms in total. The molecule has 1 atom stereocenters. The molecule has 0 saturated heterocycles. The summed E-state index contributed by atoms with van der Waals surface area (Å²) in [6.45, 7) is 9.55. The summed E-state index contributed by atoms with van der Waals surface area (Å²) >= 11 is 0. The van der Waals surface area contributed by atoms with Gasteiger partial charge in [-0.05, 0) is 13.3 Å². The first-order chi connectivity index (χ1) is 8.69. The minimum atomic E-state index is -0.302. The molecule has 1 aliphatic heterocycles. The number of rotatable bonds is 4. The van der Waals surface area contributed by atoms with Crippen molar-refractivity contribution in [2.75, 3.05) is 11.4 Å². The van der Waals surface area contributed by atoms with Crippen molar-refractivity contribution in [1.82, 2.24) is 14.9 Å². The molecule has 0 bridgehead atoms. The number of nitrogens with zero attached hydrogens (tertiary/aromatic N) is 5. The Bertz CT molecular complexity index is 516. The van der Waals surface area contributed by atoms with Crippen molar-refractivity contribution in [1.29, 1.82) is 0 Å². The highest BCUT2D eigenvalue weighted by Crippen LogP contribution is 2.21. The van der Waals surface area contributed by atoms with E-state index in [0.29, 0.717) is 18.9 Å². The first-order valence-corrected chi connectivity index (χ1v) is 5.67. The van der Waals surface area contributed by atoms with Crippen LogP contribution < -0.4 is 4.90 Å². The van der Waals surface area contributed by atoms with Crippen molar-refractivity contribution in [2.24, 2.45) is 11.0 Å².